The van der Waals surface area contributed by atoms with Gasteiger partial charge in [0, 0.05) is 36.8 Å². The SMILES string of the molecule is CC(C)n1c(=O)n(C)c2nnc3ccc(-c4ccc([C@H](C)OCCN5CCC(C)(C)CC5)nc4)cc3c21. The molecule has 196 valence electrons. The third-order valence-electron chi connectivity index (χ3n) is 7.81. The van der Waals surface area contributed by atoms with Gasteiger partial charge < -0.3 is 9.64 Å². The highest BCUT2D eigenvalue weighted by molar-refractivity contribution is 6.02. The summed E-state index contributed by atoms with van der Waals surface area (Å²) < 4.78 is 9.49. The van der Waals surface area contributed by atoms with E-state index >= 15 is 0 Å². The third kappa shape index (κ3) is 5.05. The third-order valence-corrected chi connectivity index (χ3v) is 7.81. The van der Waals surface area contributed by atoms with Gasteiger partial charge in [-0.15, -0.1) is 10.2 Å². The van der Waals surface area contributed by atoms with Crippen molar-refractivity contribution in [3.63, 3.8) is 0 Å². The van der Waals surface area contributed by atoms with Crippen LogP contribution in [0.1, 0.15) is 65.3 Å². The van der Waals surface area contributed by atoms with Gasteiger partial charge in [-0.05, 0) is 75.9 Å². The summed E-state index contributed by atoms with van der Waals surface area (Å²) in [6, 6.07) is 10.2. The average molecular weight is 503 g/mol. The first-order valence-electron chi connectivity index (χ1n) is 13.3. The number of fused-ring (bicyclic) bond motifs is 3. The summed E-state index contributed by atoms with van der Waals surface area (Å²) in [6.07, 6.45) is 4.33. The van der Waals surface area contributed by atoms with Crippen molar-refractivity contribution in [3.8, 4) is 11.1 Å². The lowest BCUT2D eigenvalue weighted by Crippen LogP contribution is -2.39. The number of piperidine rings is 1. The molecular formula is C29H38N6O2. The lowest BCUT2D eigenvalue weighted by atomic mass is 9.83. The smallest absolute Gasteiger partial charge is 0.330 e. The molecule has 1 aromatic carbocycles. The Morgan fingerprint density at radius 3 is 2.43 bits per heavy atom. The minimum absolute atomic E-state index is 0.0106. The Morgan fingerprint density at radius 1 is 1.03 bits per heavy atom. The van der Waals surface area contributed by atoms with E-state index in [1.807, 2.05) is 38.2 Å². The quantitative estimate of drug-likeness (QED) is 0.349. The molecule has 0 N–H and O–H groups in total. The molecule has 4 heterocycles. The zero-order valence-corrected chi connectivity index (χ0v) is 22.9. The molecule has 0 spiro atoms. The van der Waals surface area contributed by atoms with Crippen LogP contribution in [0.5, 0.6) is 0 Å². The average Bonchev–Trinajstić information content (AvgIpc) is 3.15. The van der Waals surface area contributed by atoms with Crippen LogP contribution in [0, 0.1) is 5.41 Å². The maximum atomic E-state index is 12.9. The van der Waals surface area contributed by atoms with Crippen molar-refractivity contribution in [1.82, 2.24) is 29.2 Å². The van der Waals surface area contributed by atoms with Crippen LogP contribution in [0.2, 0.25) is 0 Å². The Bertz CT molecular complexity index is 1460. The predicted octanol–water partition coefficient (Wildman–Crippen LogP) is 5.13. The van der Waals surface area contributed by atoms with E-state index in [4.69, 9.17) is 9.72 Å². The first kappa shape index (κ1) is 25.5. The van der Waals surface area contributed by atoms with Crippen molar-refractivity contribution in [3.05, 3.63) is 52.7 Å². The summed E-state index contributed by atoms with van der Waals surface area (Å²) in [4.78, 5) is 20.1. The van der Waals surface area contributed by atoms with E-state index in [0.717, 1.165) is 52.9 Å². The molecule has 0 saturated carbocycles. The van der Waals surface area contributed by atoms with Gasteiger partial charge in [0.05, 0.1) is 23.9 Å². The van der Waals surface area contributed by atoms with E-state index in [-0.39, 0.29) is 17.8 Å². The Hall–Kier alpha value is -3.10. The van der Waals surface area contributed by atoms with Crippen molar-refractivity contribution in [2.75, 3.05) is 26.2 Å². The summed E-state index contributed by atoms with van der Waals surface area (Å²) in [5, 5.41) is 9.61. The highest BCUT2D eigenvalue weighted by atomic mass is 16.5. The van der Waals surface area contributed by atoms with Gasteiger partial charge in [0.1, 0.15) is 5.52 Å². The summed E-state index contributed by atoms with van der Waals surface area (Å²) >= 11 is 0. The Labute approximate surface area is 218 Å². The summed E-state index contributed by atoms with van der Waals surface area (Å²) in [7, 11) is 1.74. The van der Waals surface area contributed by atoms with Crippen molar-refractivity contribution in [2.24, 2.45) is 12.5 Å². The number of aryl methyl sites for hydroxylation is 1. The zero-order chi connectivity index (χ0) is 26.3. The highest BCUT2D eigenvalue weighted by Crippen LogP contribution is 2.30. The zero-order valence-electron chi connectivity index (χ0n) is 22.9. The number of aromatic nitrogens is 5. The van der Waals surface area contributed by atoms with E-state index in [1.165, 1.54) is 12.8 Å². The van der Waals surface area contributed by atoms with Crippen LogP contribution in [0.4, 0.5) is 0 Å². The van der Waals surface area contributed by atoms with Crippen LogP contribution >= 0.6 is 0 Å². The fourth-order valence-electron chi connectivity index (χ4n) is 5.19. The molecule has 8 heteroatoms. The largest absolute Gasteiger partial charge is 0.371 e. The van der Waals surface area contributed by atoms with Gasteiger partial charge in [-0.3, -0.25) is 14.1 Å². The second-order valence-corrected chi connectivity index (χ2v) is 11.4. The molecule has 1 aliphatic heterocycles. The number of ether oxygens (including phenoxy) is 1. The van der Waals surface area contributed by atoms with Crippen LogP contribution in [0.15, 0.2) is 41.3 Å². The molecule has 4 aromatic rings. The van der Waals surface area contributed by atoms with E-state index in [2.05, 4.69) is 48.0 Å². The molecule has 0 aliphatic carbocycles. The summed E-state index contributed by atoms with van der Waals surface area (Å²) in [6.45, 7) is 14.8. The molecule has 0 amide bonds. The van der Waals surface area contributed by atoms with E-state index in [1.54, 1.807) is 16.2 Å². The van der Waals surface area contributed by atoms with E-state index in [9.17, 15) is 4.79 Å². The van der Waals surface area contributed by atoms with Gasteiger partial charge in [-0.2, -0.15) is 0 Å². The van der Waals surface area contributed by atoms with Gasteiger partial charge in [0.15, 0.2) is 5.65 Å². The maximum absolute atomic E-state index is 12.9. The number of likely N-dealkylation sites (tertiary alicyclic amines) is 1. The van der Waals surface area contributed by atoms with Crippen molar-refractivity contribution >= 4 is 22.1 Å². The Kier molecular flexibility index (Phi) is 6.89. The van der Waals surface area contributed by atoms with Gasteiger partial charge in [0.2, 0.25) is 0 Å². The number of hydrogen-bond donors (Lipinski definition) is 0. The summed E-state index contributed by atoms with van der Waals surface area (Å²) in [5.41, 5.74) is 5.52. The number of rotatable bonds is 7. The van der Waals surface area contributed by atoms with Crippen LogP contribution < -0.4 is 5.69 Å². The van der Waals surface area contributed by atoms with Gasteiger partial charge in [-0.1, -0.05) is 26.0 Å². The molecule has 1 aliphatic rings. The standard InChI is InChI=1S/C29H38N6O2/c1-19(2)35-26-23-17-21(7-10-25(23)31-32-27(26)33(6)28(35)36)22-8-9-24(30-18-22)20(3)37-16-15-34-13-11-29(4,5)12-14-34/h7-10,17-20H,11-16H2,1-6H3/t20-/m0/s1. The first-order chi connectivity index (χ1) is 17.6. The minimum Gasteiger partial charge on any atom is -0.371 e. The molecule has 5 rings (SSSR count). The molecular weight excluding hydrogens is 464 g/mol. The summed E-state index contributed by atoms with van der Waals surface area (Å²) in [5.74, 6) is 0. The van der Waals surface area contributed by atoms with Crippen LogP contribution in [-0.4, -0.2) is 55.5 Å². The Balaban J connectivity index is 1.33. The van der Waals surface area contributed by atoms with E-state index in [0.29, 0.717) is 17.7 Å². The monoisotopic (exact) mass is 502 g/mol. The molecule has 3 aromatic heterocycles. The fourth-order valence-corrected chi connectivity index (χ4v) is 5.19. The van der Waals surface area contributed by atoms with Gasteiger partial charge >= 0.3 is 5.69 Å². The molecule has 8 nitrogen and oxygen atoms in total. The number of hydrogen-bond acceptors (Lipinski definition) is 6. The van der Waals surface area contributed by atoms with Crippen molar-refractivity contribution < 1.29 is 4.74 Å². The number of nitrogens with zero attached hydrogens (tertiary/aromatic N) is 6. The molecule has 1 saturated heterocycles. The minimum atomic E-state index is -0.0821. The van der Waals surface area contributed by atoms with Gasteiger partial charge in [-0.25, -0.2) is 4.79 Å². The number of benzene rings is 1. The van der Waals surface area contributed by atoms with Crippen molar-refractivity contribution in [1.29, 1.82) is 0 Å². The molecule has 0 bridgehead atoms. The van der Waals surface area contributed by atoms with Crippen LogP contribution in [0.3, 0.4) is 0 Å². The van der Waals surface area contributed by atoms with E-state index < -0.39 is 0 Å². The lowest BCUT2D eigenvalue weighted by molar-refractivity contribution is 0.0325. The van der Waals surface area contributed by atoms with Gasteiger partial charge in [0.25, 0.3) is 0 Å². The second kappa shape index (κ2) is 9.99. The topological polar surface area (TPSA) is 78.1 Å². The maximum Gasteiger partial charge on any atom is 0.330 e. The molecule has 1 atom stereocenters. The fraction of sp³-hybridized carbons (Fsp3) is 0.517. The highest BCUT2D eigenvalue weighted by Gasteiger charge is 2.25. The normalized spacial score (nSPS) is 17.2. The lowest BCUT2D eigenvalue weighted by Gasteiger charge is -2.36. The molecule has 37 heavy (non-hydrogen) atoms. The molecule has 1 fully saturated rings. The van der Waals surface area contributed by atoms with Crippen LogP contribution in [0.25, 0.3) is 33.2 Å². The predicted molar refractivity (Wildman–Crippen MR) is 148 cm³/mol. The Morgan fingerprint density at radius 2 is 1.76 bits per heavy atom. The van der Waals surface area contributed by atoms with Crippen molar-refractivity contribution in [2.45, 2.75) is 59.6 Å². The van der Waals surface area contributed by atoms with Crippen LogP contribution in [-0.2, 0) is 11.8 Å². The molecule has 0 radical (unpaired) electrons. The second-order valence-electron chi connectivity index (χ2n) is 11.4. The number of imidazole rings is 1. The number of pyridine rings is 1. The molecule has 0 unspecified atom stereocenters. The first-order valence-corrected chi connectivity index (χ1v) is 13.3.